The van der Waals surface area contributed by atoms with Gasteiger partial charge in [0.25, 0.3) is 5.91 Å². The van der Waals surface area contributed by atoms with Crippen LogP contribution in [0.15, 0.2) is 0 Å². The van der Waals surface area contributed by atoms with Crippen LogP contribution in [0.5, 0.6) is 0 Å². The van der Waals surface area contributed by atoms with Crippen molar-refractivity contribution >= 4 is 5.91 Å². The maximum absolute atomic E-state index is 12.6. The number of rotatable bonds is 6. The van der Waals surface area contributed by atoms with Crippen LogP contribution in [-0.2, 0) is 0 Å². The number of amides is 1. The summed E-state index contributed by atoms with van der Waals surface area (Å²) in [6.07, 6.45) is 4.21. The third-order valence-electron chi connectivity index (χ3n) is 4.24. The lowest BCUT2D eigenvalue weighted by Gasteiger charge is -2.24. The Labute approximate surface area is 126 Å². The maximum Gasteiger partial charge on any atom is 0.276 e. The highest BCUT2D eigenvalue weighted by Crippen LogP contribution is 2.20. The van der Waals surface area contributed by atoms with Gasteiger partial charge in [-0.25, -0.2) is 4.68 Å². The Kier molecular flexibility index (Phi) is 5.73. The molecule has 0 atom stereocenters. The number of unbranched alkanes of at least 4 members (excludes halogenated alkanes) is 1. The minimum atomic E-state index is 0.0173. The topological polar surface area (TPSA) is 63.1 Å². The van der Waals surface area contributed by atoms with Gasteiger partial charge in [0.15, 0.2) is 5.69 Å². The smallest absolute Gasteiger partial charge is 0.276 e. The van der Waals surface area contributed by atoms with E-state index in [1.165, 1.54) is 0 Å². The van der Waals surface area contributed by atoms with E-state index in [9.17, 15) is 4.79 Å². The van der Waals surface area contributed by atoms with Gasteiger partial charge in [0.1, 0.15) is 0 Å². The number of carbonyl (C=O) groups is 1. The third-order valence-corrected chi connectivity index (χ3v) is 4.24. The monoisotopic (exact) mass is 293 g/mol. The van der Waals surface area contributed by atoms with Gasteiger partial charge in [-0.1, -0.05) is 18.6 Å². The molecule has 6 heteroatoms. The van der Waals surface area contributed by atoms with Gasteiger partial charge in [-0.05, 0) is 46.2 Å². The van der Waals surface area contributed by atoms with Crippen LogP contribution in [0, 0.1) is 6.92 Å². The van der Waals surface area contributed by atoms with Crippen LogP contribution in [-0.4, -0.2) is 52.0 Å². The molecule has 1 aromatic heterocycles. The second-order valence-corrected chi connectivity index (χ2v) is 5.69. The number of nitrogens with one attached hydrogen (secondary N) is 1. The van der Waals surface area contributed by atoms with Gasteiger partial charge in [0.05, 0.1) is 11.7 Å². The van der Waals surface area contributed by atoms with Crippen molar-refractivity contribution in [1.29, 1.82) is 0 Å². The van der Waals surface area contributed by atoms with Crippen LogP contribution in [0.2, 0.25) is 0 Å². The minimum Gasteiger partial charge on any atom is -0.337 e. The van der Waals surface area contributed by atoms with Gasteiger partial charge in [0, 0.05) is 13.1 Å². The fourth-order valence-electron chi connectivity index (χ4n) is 2.84. The summed E-state index contributed by atoms with van der Waals surface area (Å²) >= 11 is 0. The summed E-state index contributed by atoms with van der Waals surface area (Å²) < 4.78 is 1.95. The molecule has 6 nitrogen and oxygen atoms in total. The Morgan fingerprint density at radius 3 is 2.71 bits per heavy atom. The van der Waals surface area contributed by atoms with Crippen molar-refractivity contribution in [2.75, 3.05) is 26.2 Å². The Bertz CT molecular complexity index is 465. The molecule has 1 N–H and O–H groups in total. The van der Waals surface area contributed by atoms with Crippen LogP contribution in [0.25, 0.3) is 0 Å². The Balaban J connectivity index is 2.12. The highest BCUT2D eigenvalue weighted by atomic mass is 16.2. The highest BCUT2D eigenvalue weighted by Gasteiger charge is 2.25. The number of aromatic nitrogens is 3. The molecule has 0 saturated carbocycles. The SMILES string of the molecule is CCCCN(CC)C(=O)c1nnn(C2CCNCC2)c1C. The van der Waals surface area contributed by atoms with Crippen LogP contribution < -0.4 is 5.32 Å². The molecule has 1 saturated heterocycles. The van der Waals surface area contributed by atoms with Crippen LogP contribution in [0.4, 0.5) is 0 Å². The summed E-state index contributed by atoms with van der Waals surface area (Å²) in [6.45, 7) is 9.64. The van der Waals surface area contributed by atoms with Gasteiger partial charge < -0.3 is 10.2 Å². The second kappa shape index (κ2) is 7.54. The lowest BCUT2D eigenvalue weighted by molar-refractivity contribution is 0.0755. The summed E-state index contributed by atoms with van der Waals surface area (Å²) in [5.41, 5.74) is 1.42. The number of carbonyl (C=O) groups excluding carboxylic acids is 1. The first-order valence-corrected chi connectivity index (χ1v) is 8.10. The van der Waals surface area contributed by atoms with E-state index >= 15 is 0 Å². The first-order chi connectivity index (χ1) is 10.2. The third kappa shape index (κ3) is 3.61. The van der Waals surface area contributed by atoms with Crippen LogP contribution in [0.1, 0.15) is 61.8 Å². The molecule has 0 unspecified atom stereocenters. The van der Waals surface area contributed by atoms with Gasteiger partial charge in [0.2, 0.25) is 0 Å². The summed E-state index contributed by atoms with van der Waals surface area (Å²) in [7, 11) is 0. The fraction of sp³-hybridized carbons (Fsp3) is 0.800. The summed E-state index contributed by atoms with van der Waals surface area (Å²) in [6, 6.07) is 0.367. The average Bonchev–Trinajstić information content (AvgIpc) is 2.90. The molecular weight excluding hydrogens is 266 g/mol. The van der Waals surface area contributed by atoms with Crippen molar-refractivity contribution in [1.82, 2.24) is 25.2 Å². The molecule has 2 rings (SSSR count). The van der Waals surface area contributed by atoms with Gasteiger partial charge >= 0.3 is 0 Å². The first kappa shape index (κ1) is 15.9. The molecule has 0 radical (unpaired) electrons. The molecule has 0 spiro atoms. The number of hydrogen-bond acceptors (Lipinski definition) is 4. The highest BCUT2D eigenvalue weighted by molar-refractivity contribution is 5.93. The van der Waals surface area contributed by atoms with E-state index in [4.69, 9.17) is 0 Å². The Morgan fingerprint density at radius 2 is 2.10 bits per heavy atom. The van der Waals surface area contributed by atoms with E-state index in [1.807, 2.05) is 23.4 Å². The van der Waals surface area contributed by atoms with Crippen molar-refractivity contribution in [2.24, 2.45) is 0 Å². The average molecular weight is 293 g/mol. The maximum atomic E-state index is 12.6. The summed E-state index contributed by atoms with van der Waals surface area (Å²) in [4.78, 5) is 14.5. The van der Waals surface area contributed by atoms with Crippen LogP contribution >= 0.6 is 0 Å². The lowest BCUT2D eigenvalue weighted by Crippen LogP contribution is -2.33. The fourth-order valence-corrected chi connectivity index (χ4v) is 2.84. The predicted octanol–water partition coefficient (Wildman–Crippen LogP) is 1.77. The van der Waals surface area contributed by atoms with Crippen molar-refractivity contribution in [3.63, 3.8) is 0 Å². The Hall–Kier alpha value is -1.43. The number of hydrogen-bond donors (Lipinski definition) is 1. The van der Waals surface area contributed by atoms with E-state index in [0.29, 0.717) is 11.7 Å². The van der Waals surface area contributed by atoms with E-state index in [1.54, 1.807) is 0 Å². The molecular formula is C15H27N5O. The predicted molar refractivity (Wildman–Crippen MR) is 82.4 cm³/mol. The zero-order valence-corrected chi connectivity index (χ0v) is 13.4. The van der Waals surface area contributed by atoms with E-state index in [-0.39, 0.29) is 5.91 Å². The zero-order valence-electron chi connectivity index (χ0n) is 13.4. The number of piperidine rings is 1. The van der Waals surface area contributed by atoms with Gasteiger partial charge in [-0.3, -0.25) is 4.79 Å². The number of nitrogens with zero attached hydrogens (tertiary/aromatic N) is 4. The molecule has 21 heavy (non-hydrogen) atoms. The van der Waals surface area contributed by atoms with E-state index < -0.39 is 0 Å². The largest absolute Gasteiger partial charge is 0.337 e. The molecule has 1 aromatic rings. The summed E-state index contributed by atoms with van der Waals surface area (Å²) in [5.74, 6) is 0.0173. The Morgan fingerprint density at radius 1 is 1.38 bits per heavy atom. The zero-order chi connectivity index (χ0) is 15.2. The van der Waals surface area contributed by atoms with Crippen molar-refractivity contribution in [3.8, 4) is 0 Å². The molecule has 0 aliphatic carbocycles. The van der Waals surface area contributed by atoms with Gasteiger partial charge in [-0.2, -0.15) is 0 Å². The van der Waals surface area contributed by atoms with Crippen molar-refractivity contribution in [3.05, 3.63) is 11.4 Å². The van der Waals surface area contributed by atoms with Crippen molar-refractivity contribution < 1.29 is 4.79 Å². The van der Waals surface area contributed by atoms with Crippen molar-refractivity contribution in [2.45, 2.75) is 52.5 Å². The molecule has 118 valence electrons. The molecule has 1 amide bonds. The molecule has 0 bridgehead atoms. The van der Waals surface area contributed by atoms with E-state index in [0.717, 1.165) is 57.6 Å². The summed E-state index contributed by atoms with van der Waals surface area (Å²) in [5, 5.41) is 11.8. The molecule has 1 aliphatic heterocycles. The molecule has 2 heterocycles. The second-order valence-electron chi connectivity index (χ2n) is 5.69. The minimum absolute atomic E-state index is 0.0173. The molecule has 0 aromatic carbocycles. The molecule has 1 fully saturated rings. The quantitative estimate of drug-likeness (QED) is 0.868. The first-order valence-electron chi connectivity index (χ1n) is 8.10. The normalized spacial score (nSPS) is 16.1. The lowest BCUT2D eigenvalue weighted by atomic mass is 10.1. The van der Waals surface area contributed by atoms with Crippen LogP contribution in [0.3, 0.4) is 0 Å². The standard InChI is InChI=1S/C15H27N5O/c1-4-6-11-19(5-2)15(21)14-12(3)20(18-17-14)13-7-9-16-10-8-13/h13,16H,4-11H2,1-3H3. The van der Waals surface area contributed by atoms with Gasteiger partial charge in [-0.15, -0.1) is 5.10 Å². The van der Waals surface area contributed by atoms with E-state index in [2.05, 4.69) is 22.6 Å². The molecule has 1 aliphatic rings.